The number of nitrogens with zero attached hydrogens (tertiary/aromatic N) is 2. The molecule has 0 unspecified atom stereocenters. The Morgan fingerprint density at radius 2 is 2.08 bits per heavy atom. The molecule has 0 radical (unpaired) electrons. The Kier molecular flexibility index (Phi) is 4.94. The number of hydrogen-bond donors (Lipinski definition) is 1. The lowest BCUT2D eigenvalue weighted by Crippen LogP contribution is -2.50. The number of hydrogen-bond acceptors (Lipinski definition) is 4. The van der Waals surface area contributed by atoms with Gasteiger partial charge in [-0.2, -0.15) is 0 Å². The Morgan fingerprint density at radius 3 is 2.75 bits per heavy atom. The van der Waals surface area contributed by atoms with Crippen molar-refractivity contribution in [3.8, 4) is 0 Å². The monoisotopic (exact) mass is 343 g/mol. The molecule has 1 aromatic carbocycles. The van der Waals surface area contributed by atoms with Gasteiger partial charge in [-0.15, -0.1) is 11.3 Å². The number of nitrogens with one attached hydrogen (secondary N) is 1. The third-order valence-corrected chi connectivity index (χ3v) is 4.81. The molecule has 3 rings (SSSR count). The van der Waals surface area contributed by atoms with Crippen LogP contribution in [0.5, 0.6) is 0 Å². The summed E-state index contributed by atoms with van der Waals surface area (Å²) in [6.07, 6.45) is 2.64. The largest absolute Gasteiger partial charge is 0.326 e. The summed E-state index contributed by atoms with van der Waals surface area (Å²) in [4.78, 5) is 31.2. The average Bonchev–Trinajstić information content (AvgIpc) is 3.05. The Bertz CT molecular complexity index is 728. The van der Waals surface area contributed by atoms with Gasteiger partial charge < -0.3 is 10.2 Å². The van der Waals surface area contributed by atoms with Gasteiger partial charge in [0, 0.05) is 31.0 Å². The van der Waals surface area contributed by atoms with Crippen molar-refractivity contribution in [2.45, 2.75) is 39.3 Å². The van der Waals surface area contributed by atoms with Crippen molar-refractivity contribution in [3.63, 3.8) is 0 Å². The molecular weight excluding hydrogens is 322 g/mol. The highest BCUT2D eigenvalue weighted by Crippen LogP contribution is 2.26. The van der Waals surface area contributed by atoms with Crippen LogP contribution in [0.15, 0.2) is 35.8 Å². The maximum Gasteiger partial charge on any atom is 0.249 e. The van der Waals surface area contributed by atoms with E-state index in [9.17, 15) is 9.59 Å². The molecule has 0 bridgehead atoms. The number of carbonyl (C=O) groups is 2. The Morgan fingerprint density at radius 1 is 1.33 bits per heavy atom. The van der Waals surface area contributed by atoms with Gasteiger partial charge in [0.05, 0.1) is 0 Å². The van der Waals surface area contributed by atoms with Gasteiger partial charge in [-0.3, -0.25) is 9.59 Å². The maximum atomic E-state index is 12.7. The summed E-state index contributed by atoms with van der Waals surface area (Å²) >= 11 is 1.37. The Labute approximate surface area is 145 Å². The van der Waals surface area contributed by atoms with Gasteiger partial charge in [0.15, 0.2) is 5.13 Å². The van der Waals surface area contributed by atoms with E-state index in [-0.39, 0.29) is 17.7 Å². The molecule has 2 aromatic rings. The van der Waals surface area contributed by atoms with Crippen molar-refractivity contribution in [3.05, 3.63) is 47.0 Å². The fourth-order valence-electron chi connectivity index (χ4n) is 2.96. The number of aromatic nitrogens is 1. The van der Waals surface area contributed by atoms with E-state index in [0.29, 0.717) is 24.5 Å². The smallest absolute Gasteiger partial charge is 0.249 e. The minimum atomic E-state index is -0.491. The van der Waals surface area contributed by atoms with E-state index in [1.165, 1.54) is 11.3 Å². The summed E-state index contributed by atoms with van der Waals surface area (Å²) in [5, 5.41) is 5.21. The summed E-state index contributed by atoms with van der Waals surface area (Å²) in [6.45, 7) is 4.51. The number of rotatable bonds is 4. The van der Waals surface area contributed by atoms with Crippen LogP contribution in [0, 0.1) is 5.92 Å². The van der Waals surface area contributed by atoms with Crippen molar-refractivity contribution < 1.29 is 9.59 Å². The standard InChI is InChI=1S/C18H21N3O2S/c1-12(2)9-16(22)21-11-14-6-4-3-5-13(14)10-15(21)17(23)20-18-19-7-8-24-18/h3-8,12,15H,9-11H2,1-2H3,(H,19,20,23)/t15-/m0/s1. The summed E-state index contributed by atoms with van der Waals surface area (Å²) < 4.78 is 0. The molecule has 126 valence electrons. The fourth-order valence-corrected chi connectivity index (χ4v) is 3.49. The second-order valence-corrected chi connectivity index (χ2v) is 7.33. The summed E-state index contributed by atoms with van der Waals surface area (Å²) in [5.74, 6) is 0.118. The predicted octanol–water partition coefficient (Wildman–Crippen LogP) is 3.08. The molecule has 0 fully saturated rings. The second kappa shape index (κ2) is 7.13. The Hall–Kier alpha value is -2.21. The zero-order valence-electron chi connectivity index (χ0n) is 13.9. The van der Waals surface area contributed by atoms with Gasteiger partial charge in [-0.25, -0.2) is 4.98 Å². The fraction of sp³-hybridized carbons (Fsp3) is 0.389. The number of amides is 2. The lowest BCUT2D eigenvalue weighted by Gasteiger charge is -2.36. The van der Waals surface area contributed by atoms with Crippen molar-refractivity contribution in [2.24, 2.45) is 5.92 Å². The summed E-state index contributed by atoms with van der Waals surface area (Å²) in [7, 11) is 0. The second-order valence-electron chi connectivity index (χ2n) is 6.43. The van der Waals surface area contributed by atoms with Gasteiger partial charge in [0.2, 0.25) is 11.8 Å². The Balaban J connectivity index is 1.84. The van der Waals surface area contributed by atoms with E-state index in [1.807, 2.05) is 43.5 Å². The number of anilines is 1. The summed E-state index contributed by atoms with van der Waals surface area (Å²) in [6, 6.07) is 7.51. The van der Waals surface area contributed by atoms with Crippen LogP contribution in [0.25, 0.3) is 0 Å². The lowest BCUT2D eigenvalue weighted by atomic mass is 9.92. The lowest BCUT2D eigenvalue weighted by molar-refractivity contribution is -0.140. The van der Waals surface area contributed by atoms with E-state index in [0.717, 1.165) is 11.1 Å². The van der Waals surface area contributed by atoms with E-state index in [4.69, 9.17) is 0 Å². The van der Waals surface area contributed by atoms with Gasteiger partial charge in [-0.05, 0) is 17.0 Å². The third-order valence-electron chi connectivity index (χ3n) is 4.12. The molecule has 2 heterocycles. The highest BCUT2D eigenvalue weighted by molar-refractivity contribution is 7.13. The number of fused-ring (bicyclic) bond motifs is 1. The van der Waals surface area contributed by atoms with Crippen molar-refractivity contribution in [1.29, 1.82) is 0 Å². The molecule has 0 spiro atoms. The van der Waals surface area contributed by atoms with Gasteiger partial charge in [-0.1, -0.05) is 38.1 Å². The van der Waals surface area contributed by atoms with Gasteiger partial charge in [0.1, 0.15) is 6.04 Å². The molecule has 0 aliphatic carbocycles. The SMILES string of the molecule is CC(C)CC(=O)N1Cc2ccccc2C[C@H]1C(=O)Nc1nccs1. The predicted molar refractivity (Wildman–Crippen MR) is 94.7 cm³/mol. The maximum absolute atomic E-state index is 12.7. The molecule has 1 atom stereocenters. The molecule has 0 saturated carbocycles. The first-order valence-electron chi connectivity index (χ1n) is 8.11. The molecule has 24 heavy (non-hydrogen) atoms. The number of benzene rings is 1. The average molecular weight is 343 g/mol. The quantitative estimate of drug-likeness (QED) is 0.928. The van der Waals surface area contributed by atoms with Gasteiger partial charge >= 0.3 is 0 Å². The summed E-state index contributed by atoms with van der Waals surface area (Å²) in [5.41, 5.74) is 2.25. The number of thiazole rings is 1. The van der Waals surface area contributed by atoms with Crippen LogP contribution in [0.3, 0.4) is 0 Å². The van der Waals surface area contributed by atoms with Crippen LogP contribution in [0.2, 0.25) is 0 Å². The van der Waals surface area contributed by atoms with Crippen LogP contribution in [0.4, 0.5) is 5.13 Å². The van der Waals surface area contributed by atoms with E-state index in [1.54, 1.807) is 11.1 Å². The minimum absolute atomic E-state index is 0.0267. The van der Waals surface area contributed by atoms with Crippen LogP contribution < -0.4 is 5.32 Å². The molecule has 1 aliphatic heterocycles. The molecule has 0 saturated heterocycles. The molecule has 1 aliphatic rings. The molecule has 1 aromatic heterocycles. The number of carbonyl (C=O) groups excluding carboxylic acids is 2. The molecule has 5 nitrogen and oxygen atoms in total. The minimum Gasteiger partial charge on any atom is -0.326 e. The van der Waals surface area contributed by atoms with Gasteiger partial charge in [0.25, 0.3) is 0 Å². The first-order valence-corrected chi connectivity index (χ1v) is 8.99. The first kappa shape index (κ1) is 16.6. The van der Waals surface area contributed by atoms with Crippen LogP contribution in [-0.2, 0) is 22.6 Å². The first-order chi connectivity index (χ1) is 11.5. The molecule has 2 amide bonds. The third kappa shape index (κ3) is 3.64. The van der Waals surface area contributed by atoms with E-state index in [2.05, 4.69) is 10.3 Å². The molecule has 6 heteroatoms. The highest BCUT2D eigenvalue weighted by Gasteiger charge is 2.34. The normalized spacial score (nSPS) is 16.8. The zero-order valence-corrected chi connectivity index (χ0v) is 14.7. The van der Waals surface area contributed by atoms with Crippen LogP contribution in [0.1, 0.15) is 31.4 Å². The highest BCUT2D eigenvalue weighted by atomic mass is 32.1. The van der Waals surface area contributed by atoms with Crippen molar-refractivity contribution >= 4 is 28.3 Å². The van der Waals surface area contributed by atoms with E-state index < -0.39 is 6.04 Å². The zero-order chi connectivity index (χ0) is 17.1. The van der Waals surface area contributed by atoms with E-state index >= 15 is 0 Å². The molecule has 1 N–H and O–H groups in total. The van der Waals surface area contributed by atoms with Crippen LogP contribution >= 0.6 is 11.3 Å². The molecular formula is C18H21N3O2S. The van der Waals surface area contributed by atoms with Crippen LogP contribution in [-0.4, -0.2) is 27.7 Å². The van der Waals surface area contributed by atoms with Crippen molar-refractivity contribution in [2.75, 3.05) is 5.32 Å². The van der Waals surface area contributed by atoms with Crippen molar-refractivity contribution in [1.82, 2.24) is 9.88 Å². The topological polar surface area (TPSA) is 62.3 Å².